The van der Waals surface area contributed by atoms with Crippen LogP contribution in [0.1, 0.15) is 10.4 Å². The first kappa shape index (κ1) is 14.9. The third-order valence-corrected chi connectivity index (χ3v) is 5.75. The maximum atomic E-state index is 13.0. The van der Waals surface area contributed by atoms with Crippen LogP contribution in [0.4, 0.5) is 10.1 Å². The van der Waals surface area contributed by atoms with Gasteiger partial charge in [0, 0.05) is 0 Å². The van der Waals surface area contributed by atoms with Gasteiger partial charge in [0.25, 0.3) is 10.0 Å². The van der Waals surface area contributed by atoms with Crippen molar-refractivity contribution in [2.45, 2.75) is 4.21 Å². The van der Waals surface area contributed by atoms with Crippen LogP contribution in [-0.4, -0.2) is 19.5 Å². The van der Waals surface area contributed by atoms with E-state index in [9.17, 15) is 17.6 Å². The van der Waals surface area contributed by atoms with Gasteiger partial charge in [-0.1, -0.05) is 0 Å². The highest BCUT2D eigenvalue weighted by molar-refractivity contribution is 9.11. The third kappa shape index (κ3) is 3.17. The van der Waals surface area contributed by atoms with E-state index >= 15 is 0 Å². The first-order valence-electron chi connectivity index (χ1n) is 5.10. The Hall–Kier alpha value is -1.45. The number of sulfonamides is 1. The predicted molar refractivity (Wildman–Crippen MR) is 76.2 cm³/mol. The molecule has 0 bridgehead atoms. The van der Waals surface area contributed by atoms with Crippen LogP contribution in [0.5, 0.6) is 0 Å². The van der Waals surface area contributed by atoms with Crippen LogP contribution in [0.25, 0.3) is 0 Å². The summed E-state index contributed by atoms with van der Waals surface area (Å²) in [5, 5.41) is 8.96. The zero-order valence-electron chi connectivity index (χ0n) is 9.63. The fraction of sp³-hybridized carbons (Fsp3) is 0. The largest absolute Gasteiger partial charge is 0.478 e. The SMILES string of the molecule is O=C(O)c1cc(F)ccc1NS(=O)(=O)c1ccc(Br)s1. The number of anilines is 1. The summed E-state index contributed by atoms with van der Waals surface area (Å²) in [6.45, 7) is 0. The smallest absolute Gasteiger partial charge is 0.337 e. The van der Waals surface area contributed by atoms with Crippen molar-refractivity contribution in [3.63, 3.8) is 0 Å². The van der Waals surface area contributed by atoms with Crippen LogP contribution >= 0.6 is 27.3 Å². The summed E-state index contributed by atoms with van der Waals surface area (Å²) in [7, 11) is -3.91. The third-order valence-electron chi connectivity index (χ3n) is 2.27. The van der Waals surface area contributed by atoms with Gasteiger partial charge in [-0.25, -0.2) is 17.6 Å². The molecule has 9 heteroatoms. The maximum Gasteiger partial charge on any atom is 0.337 e. The van der Waals surface area contributed by atoms with Gasteiger partial charge in [-0.3, -0.25) is 4.72 Å². The van der Waals surface area contributed by atoms with Crippen molar-refractivity contribution < 1.29 is 22.7 Å². The first-order valence-corrected chi connectivity index (χ1v) is 8.20. The summed E-state index contributed by atoms with van der Waals surface area (Å²) >= 11 is 4.12. The molecular formula is C11H7BrFNO4S2. The average molecular weight is 380 g/mol. The average Bonchev–Trinajstić information content (AvgIpc) is 2.78. The molecular weight excluding hydrogens is 373 g/mol. The number of aromatic carboxylic acids is 1. The molecule has 0 spiro atoms. The van der Waals surface area contributed by atoms with Crippen molar-refractivity contribution in [1.29, 1.82) is 0 Å². The fourth-order valence-electron chi connectivity index (χ4n) is 1.42. The number of halogens is 2. The molecule has 0 aliphatic carbocycles. The lowest BCUT2D eigenvalue weighted by molar-refractivity contribution is 0.0697. The number of benzene rings is 1. The molecule has 0 radical (unpaired) electrons. The standard InChI is InChI=1S/C11H7BrFNO4S2/c12-9-3-4-10(19-9)20(17,18)14-8-2-1-6(13)5-7(8)11(15)16/h1-5,14H,(H,15,16). The van der Waals surface area contributed by atoms with Crippen LogP contribution in [0.15, 0.2) is 38.3 Å². The van der Waals surface area contributed by atoms with E-state index in [2.05, 4.69) is 20.7 Å². The maximum absolute atomic E-state index is 13.0. The van der Waals surface area contributed by atoms with E-state index in [0.29, 0.717) is 3.79 Å². The van der Waals surface area contributed by atoms with Crippen LogP contribution in [0.3, 0.4) is 0 Å². The molecule has 0 aliphatic heterocycles. The number of hydrogen-bond acceptors (Lipinski definition) is 4. The van der Waals surface area contributed by atoms with Crippen LogP contribution < -0.4 is 4.72 Å². The van der Waals surface area contributed by atoms with Gasteiger partial charge in [-0.15, -0.1) is 11.3 Å². The molecule has 0 atom stereocenters. The monoisotopic (exact) mass is 379 g/mol. The Kier molecular flexibility index (Phi) is 4.11. The second-order valence-corrected chi connectivity index (χ2v) is 8.03. The summed E-state index contributed by atoms with van der Waals surface area (Å²) in [6.07, 6.45) is 0. The number of hydrogen-bond donors (Lipinski definition) is 2. The first-order chi connectivity index (χ1) is 9.29. The van der Waals surface area contributed by atoms with Gasteiger partial charge in [0.05, 0.1) is 15.0 Å². The van der Waals surface area contributed by atoms with E-state index in [-0.39, 0.29) is 9.90 Å². The number of carbonyl (C=O) groups is 1. The van der Waals surface area contributed by atoms with E-state index < -0.39 is 27.4 Å². The Morgan fingerprint density at radius 1 is 1.30 bits per heavy atom. The Morgan fingerprint density at radius 2 is 2.00 bits per heavy atom. The van der Waals surface area contributed by atoms with Gasteiger partial charge < -0.3 is 5.11 Å². The molecule has 106 valence electrons. The predicted octanol–water partition coefficient (Wildman–Crippen LogP) is 3.15. The van der Waals surface area contributed by atoms with E-state index in [1.54, 1.807) is 6.07 Å². The number of carboxylic acids is 1. The van der Waals surface area contributed by atoms with Gasteiger partial charge in [-0.05, 0) is 46.3 Å². The molecule has 0 unspecified atom stereocenters. The highest BCUT2D eigenvalue weighted by atomic mass is 79.9. The molecule has 2 rings (SSSR count). The van der Waals surface area contributed by atoms with Crippen molar-refractivity contribution in [3.05, 3.63) is 45.5 Å². The Balaban J connectivity index is 2.42. The van der Waals surface area contributed by atoms with Crippen molar-refractivity contribution in [1.82, 2.24) is 0 Å². The summed E-state index contributed by atoms with van der Waals surface area (Å²) in [6, 6.07) is 5.74. The van der Waals surface area contributed by atoms with Crippen LogP contribution in [-0.2, 0) is 10.0 Å². The van der Waals surface area contributed by atoms with Gasteiger partial charge in [0.2, 0.25) is 0 Å². The molecule has 0 saturated heterocycles. The molecule has 2 N–H and O–H groups in total. The number of nitrogens with one attached hydrogen (secondary N) is 1. The lowest BCUT2D eigenvalue weighted by atomic mass is 10.2. The molecule has 1 aromatic heterocycles. The summed E-state index contributed by atoms with van der Waals surface area (Å²) in [5.41, 5.74) is -0.646. The number of rotatable bonds is 4. The Labute approximate surface area is 126 Å². The molecule has 0 aliphatic rings. The van der Waals surface area contributed by atoms with E-state index in [1.807, 2.05) is 0 Å². The molecule has 5 nitrogen and oxygen atoms in total. The molecule has 0 amide bonds. The van der Waals surface area contributed by atoms with Gasteiger partial charge in [-0.2, -0.15) is 0 Å². The molecule has 0 saturated carbocycles. The quantitative estimate of drug-likeness (QED) is 0.854. The Morgan fingerprint density at radius 3 is 2.55 bits per heavy atom. The van der Waals surface area contributed by atoms with E-state index in [1.165, 1.54) is 6.07 Å². The summed E-state index contributed by atoms with van der Waals surface area (Å²) in [4.78, 5) is 11.0. The van der Waals surface area contributed by atoms with Gasteiger partial charge >= 0.3 is 5.97 Å². The minimum absolute atomic E-state index is 0.0186. The number of carboxylic acid groups (broad SMARTS) is 1. The molecule has 0 fully saturated rings. The lowest BCUT2D eigenvalue weighted by Gasteiger charge is -2.09. The highest BCUT2D eigenvalue weighted by Crippen LogP contribution is 2.28. The van der Waals surface area contributed by atoms with E-state index in [0.717, 1.165) is 29.5 Å². The topological polar surface area (TPSA) is 83.5 Å². The zero-order valence-corrected chi connectivity index (χ0v) is 12.9. The zero-order chi connectivity index (χ0) is 14.9. The van der Waals surface area contributed by atoms with Crippen molar-refractivity contribution in [2.75, 3.05) is 4.72 Å². The second-order valence-electron chi connectivity index (χ2n) is 3.66. The minimum Gasteiger partial charge on any atom is -0.478 e. The van der Waals surface area contributed by atoms with Crippen molar-refractivity contribution >= 4 is 48.9 Å². The van der Waals surface area contributed by atoms with Gasteiger partial charge in [0.1, 0.15) is 10.0 Å². The minimum atomic E-state index is -3.91. The molecule has 20 heavy (non-hydrogen) atoms. The summed E-state index contributed by atoms with van der Waals surface area (Å²) < 4.78 is 39.9. The number of thiophene rings is 1. The summed E-state index contributed by atoms with van der Waals surface area (Å²) in [5.74, 6) is -2.18. The van der Waals surface area contributed by atoms with Crippen molar-refractivity contribution in [3.8, 4) is 0 Å². The van der Waals surface area contributed by atoms with Crippen LogP contribution in [0, 0.1) is 5.82 Å². The van der Waals surface area contributed by atoms with Crippen LogP contribution in [0.2, 0.25) is 0 Å². The molecule has 1 aromatic carbocycles. The molecule has 1 heterocycles. The fourth-order valence-corrected chi connectivity index (χ4v) is 4.51. The van der Waals surface area contributed by atoms with Crippen molar-refractivity contribution in [2.24, 2.45) is 0 Å². The Bertz CT molecular complexity index is 772. The highest BCUT2D eigenvalue weighted by Gasteiger charge is 2.20. The second kappa shape index (κ2) is 5.51. The van der Waals surface area contributed by atoms with E-state index in [4.69, 9.17) is 5.11 Å². The van der Waals surface area contributed by atoms with Gasteiger partial charge in [0.15, 0.2) is 0 Å². The normalized spacial score (nSPS) is 11.3. The lowest BCUT2D eigenvalue weighted by Crippen LogP contribution is -2.14. The molecule has 2 aromatic rings.